The van der Waals surface area contributed by atoms with Crippen molar-refractivity contribution in [1.29, 1.82) is 0 Å². The van der Waals surface area contributed by atoms with Gasteiger partial charge in [0, 0.05) is 54.7 Å². The molecule has 3 aromatic heterocycles. The van der Waals surface area contributed by atoms with Gasteiger partial charge in [-0.25, -0.2) is 0 Å². The van der Waals surface area contributed by atoms with Crippen LogP contribution in [0.1, 0.15) is 0 Å². The maximum absolute atomic E-state index is 3.02. The van der Waals surface area contributed by atoms with Crippen LogP contribution in [0.3, 0.4) is 0 Å². The maximum atomic E-state index is 2.75. The number of nitrogens with zero attached hydrogens (tertiary/aromatic N) is 3. The highest BCUT2D eigenvalue weighted by Gasteiger charge is 2.44. The summed E-state index contributed by atoms with van der Waals surface area (Å²) in [6.07, 6.45) is 0. The third-order valence-corrected chi connectivity index (χ3v) is 17.0. The molecule has 3 heterocycles. The molecular weight excluding hydrogens is 719 g/mol. The topological polar surface area (TPSA) is 14.8 Å². The van der Waals surface area contributed by atoms with E-state index in [9.17, 15) is 0 Å². The molecule has 12 rings (SSSR count). The molecule has 0 saturated carbocycles. The molecule has 0 aliphatic heterocycles. The first-order valence-electron chi connectivity index (χ1n) is 20.0. The van der Waals surface area contributed by atoms with Gasteiger partial charge in [0.1, 0.15) is 0 Å². The zero-order valence-corrected chi connectivity index (χ0v) is 32.7. The molecule has 0 fully saturated rings. The van der Waals surface area contributed by atoms with Gasteiger partial charge >= 0.3 is 0 Å². The number of para-hydroxylation sites is 4. The standard InChI is InChI=1S/C54H37N3Si/c1-4-18-40(19-5-1)58(41-20-6-2-7-21-41,42-22-8-3-9-23-42)57-53-34-32-38(55-49-28-14-10-24-43(49)44-25-11-15-29-50(44)55)36-47(53)48-37-39(33-35-54(48)57)56-51-30-16-12-26-45(51)46-27-13-17-31-52(46)56/h1-37H. The van der Waals surface area contributed by atoms with Crippen LogP contribution < -0.4 is 15.6 Å². The molecule has 0 radical (unpaired) electrons. The molecule has 0 N–H and O–H groups in total. The van der Waals surface area contributed by atoms with Gasteiger partial charge in [-0.2, -0.15) is 0 Å². The van der Waals surface area contributed by atoms with E-state index in [2.05, 4.69) is 238 Å². The molecule has 0 atom stereocenters. The van der Waals surface area contributed by atoms with E-state index < -0.39 is 8.24 Å². The number of fused-ring (bicyclic) bond motifs is 9. The molecular formula is C54H37N3Si. The van der Waals surface area contributed by atoms with Crippen molar-refractivity contribution in [2.45, 2.75) is 0 Å². The lowest BCUT2D eigenvalue weighted by molar-refractivity contribution is 1.18. The summed E-state index contributed by atoms with van der Waals surface area (Å²) in [7, 11) is -3.02. The van der Waals surface area contributed by atoms with Gasteiger partial charge in [-0.05, 0) is 76.2 Å². The molecule has 58 heavy (non-hydrogen) atoms. The molecule has 12 aromatic rings. The molecule has 0 bridgehead atoms. The van der Waals surface area contributed by atoms with E-state index in [1.807, 2.05) is 0 Å². The molecule has 0 saturated heterocycles. The first-order chi connectivity index (χ1) is 28.8. The van der Waals surface area contributed by atoms with Gasteiger partial charge in [-0.3, -0.25) is 0 Å². The van der Waals surface area contributed by atoms with Gasteiger partial charge in [-0.15, -0.1) is 0 Å². The summed E-state index contributed by atoms with van der Waals surface area (Å²) in [4.78, 5) is 0. The summed E-state index contributed by atoms with van der Waals surface area (Å²) in [5.41, 5.74) is 9.58. The van der Waals surface area contributed by atoms with E-state index in [0.717, 1.165) is 11.4 Å². The Kier molecular flexibility index (Phi) is 7.25. The minimum atomic E-state index is -3.02. The molecule has 4 heteroatoms. The number of hydrogen-bond acceptors (Lipinski definition) is 0. The Bertz CT molecular complexity index is 3130. The van der Waals surface area contributed by atoms with Gasteiger partial charge in [-0.1, -0.05) is 164 Å². The van der Waals surface area contributed by atoms with E-state index in [-0.39, 0.29) is 0 Å². The van der Waals surface area contributed by atoms with Crippen LogP contribution in [0.4, 0.5) is 0 Å². The number of aromatic nitrogens is 3. The second-order valence-electron chi connectivity index (χ2n) is 15.3. The Hall–Kier alpha value is -7.40. The van der Waals surface area contributed by atoms with Crippen LogP contribution in [0.2, 0.25) is 0 Å². The van der Waals surface area contributed by atoms with E-state index in [1.165, 1.54) is 81.0 Å². The van der Waals surface area contributed by atoms with Crippen molar-refractivity contribution in [2.75, 3.05) is 0 Å². The van der Waals surface area contributed by atoms with Gasteiger partial charge in [0.25, 0.3) is 8.24 Å². The molecule has 0 aliphatic rings. The van der Waals surface area contributed by atoms with Crippen LogP contribution in [0, 0.1) is 0 Å². The second kappa shape index (κ2) is 12.8. The zero-order chi connectivity index (χ0) is 38.2. The molecule has 0 unspecified atom stereocenters. The monoisotopic (exact) mass is 755 g/mol. The van der Waals surface area contributed by atoms with E-state index in [0.29, 0.717) is 0 Å². The quantitative estimate of drug-likeness (QED) is 0.119. The van der Waals surface area contributed by atoms with Crippen molar-refractivity contribution in [3.8, 4) is 11.4 Å². The van der Waals surface area contributed by atoms with Crippen LogP contribution in [0.25, 0.3) is 76.8 Å². The Morgan fingerprint density at radius 1 is 0.241 bits per heavy atom. The summed E-state index contributed by atoms with van der Waals surface area (Å²) in [5.74, 6) is 0. The lowest BCUT2D eigenvalue weighted by Crippen LogP contribution is -2.72. The fourth-order valence-corrected chi connectivity index (χ4v) is 14.9. The van der Waals surface area contributed by atoms with Gasteiger partial charge in [0.2, 0.25) is 0 Å². The van der Waals surface area contributed by atoms with E-state index in [1.54, 1.807) is 0 Å². The third kappa shape index (κ3) is 4.61. The fraction of sp³-hybridized carbons (Fsp3) is 0. The van der Waals surface area contributed by atoms with Crippen LogP contribution in [-0.4, -0.2) is 21.6 Å². The number of hydrogen-bond donors (Lipinski definition) is 0. The Morgan fingerprint density at radius 2 is 0.534 bits per heavy atom. The summed E-state index contributed by atoms with van der Waals surface area (Å²) in [6.45, 7) is 0. The normalized spacial score (nSPS) is 12.1. The first kappa shape index (κ1) is 32.8. The summed E-state index contributed by atoms with van der Waals surface area (Å²) >= 11 is 0. The van der Waals surface area contributed by atoms with Gasteiger partial charge in [0.05, 0.1) is 22.1 Å². The maximum Gasteiger partial charge on any atom is 0.257 e. The number of benzene rings is 9. The average Bonchev–Trinajstić information content (AvgIpc) is 3.93. The largest absolute Gasteiger partial charge is 0.355 e. The van der Waals surface area contributed by atoms with Gasteiger partial charge < -0.3 is 13.4 Å². The van der Waals surface area contributed by atoms with Gasteiger partial charge in [0.15, 0.2) is 0 Å². The summed E-state index contributed by atoms with van der Waals surface area (Å²) in [6, 6.07) is 83.3. The van der Waals surface area contributed by atoms with Crippen molar-refractivity contribution in [3.63, 3.8) is 0 Å². The Balaban J connectivity index is 1.25. The van der Waals surface area contributed by atoms with Crippen LogP contribution in [0.5, 0.6) is 0 Å². The minimum absolute atomic E-state index is 1.15. The predicted molar refractivity (Wildman–Crippen MR) is 248 cm³/mol. The molecule has 0 amide bonds. The Labute approximate surface area is 337 Å². The van der Waals surface area contributed by atoms with Crippen molar-refractivity contribution < 1.29 is 0 Å². The van der Waals surface area contributed by atoms with Crippen LogP contribution >= 0.6 is 0 Å². The second-order valence-corrected chi connectivity index (χ2v) is 18.9. The Morgan fingerprint density at radius 3 is 0.862 bits per heavy atom. The average molecular weight is 756 g/mol. The highest BCUT2D eigenvalue weighted by atomic mass is 28.3. The summed E-state index contributed by atoms with van der Waals surface area (Å²) in [5, 5.41) is 11.5. The molecule has 0 spiro atoms. The fourth-order valence-electron chi connectivity index (χ4n) is 9.97. The zero-order valence-electron chi connectivity index (χ0n) is 31.7. The molecule has 272 valence electrons. The highest BCUT2D eigenvalue weighted by molar-refractivity contribution is 7.11. The third-order valence-electron chi connectivity index (χ3n) is 12.3. The molecule has 3 nitrogen and oxygen atoms in total. The van der Waals surface area contributed by atoms with Crippen LogP contribution in [-0.2, 0) is 0 Å². The van der Waals surface area contributed by atoms with Crippen LogP contribution in [0.15, 0.2) is 224 Å². The van der Waals surface area contributed by atoms with Crippen molar-refractivity contribution in [2.24, 2.45) is 0 Å². The molecule has 0 aliphatic carbocycles. The lowest BCUT2D eigenvalue weighted by atomic mass is 10.1. The molecule has 9 aromatic carbocycles. The smallest absolute Gasteiger partial charge is 0.257 e. The SMILES string of the molecule is c1ccc([Si](c2ccccc2)(c2ccccc2)n2c3ccc(-n4c5ccccc5c5ccccc54)cc3c3cc(-n4c5ccccc5c5ccccc54)ccc32)cc1. The van der Waals surface area contributed by atoms with Crippen molar-refractivity contribution >= 4 is 89.2 Å². The minimum Gasteiger partial charge on any atom is -0.355 e. The van der Waals surface area contributed by atoms with E-state index in [4.69, 9.17) is 0 Å². The van der Waals surface area contributed by atoms with E-state index >= 15 is 0 Å². The first-order valence-corrected chi connectivity index (χ1v) is 22.0. The summed E-state index contributed by atoms with van der Waals surface area (Å²) < 4.78 is 7.64. The van der Waals surface area contributed by atoms with Crippen molar-refractivity contribution in [1.82, 2.24) is 13.4 Å². The predicted octanol–water partition coefficient (Wildman–Crippen LogP) is 11.5. The number of rotatable bonds is 6. The van der Waals surface area contributed by atoms with Crippen molar-refractivity contribution in [3.05, 3.63) is 224 Å². The lowest BCUT2D eigenvalue weighted by Gasteiger charge is -2.36. The highest BCUT2D eigenvalue weighted by Crippen LogP contribution is 2.39.